The van der Waals surface area contributed by atoms with Crippen molar-refractivity contribution in [2.45, 2.75) is 25.9 Å². The van der Waals surface area contributed by atoms with E-state index in [1.165, 1.54) is 0 Å². The highest BCUT2D eigenvalue weighted by molar-refractivity contribution is 9.10. The number of ether oxygens (including phenoxy) is 2. The van der Waals surface area contributed by atoms with Gasteiger partial charge in [0.15, 0.2) is 0 Å². The van der Waals surface area contributed by atoms with Gasteiger partial charge >= 0.3 is 0 Å². The van der Waals surface area contributed by atoms with Crippen LogP contribution in [0.5, 0.6) is 5.75 Å². The molecule has 1 atom stereocenters. The second kappa shape index (κ2) is 7.09. The highest BCUT2D eigenvalue weighted by Gasteiger charge is 2.26. The Hall–Kier alpha value is -1.07. The molecule has 0 bridgehead atoms. The smallest absolute Gasteiger partial charge is 0.257 e. The van der Waals surface area contributed by atoms with Crippen molar-refractivity contribution < 1.29 is 14.3 Å². The van der Waals surface area contributed by atoms with E-state index in [0.29, 0.717) is 24.5 Å². The fraction of sp³-hybridized carbons (Fsp3) is 0.533. The largest absolute Gasteiger partial charge is 0.496 e. The Bertz CT molecular complexity index is 476. The molecule has 0 spiro atoms. The molecule has 0 radical (unpaired) electrons. The predicted molar refractivity (Wildman–Crippen MR) is 81.2 cm³/mol. The van der Waals surface area contributed by atoms with Gasteiger partial charge < -0.3 is 14.4 Å². The lowest BCUT2D eigenvalue weighted by Crippen LogP contribution is -2.43. The number of rotatable bonds is 4. The molecule has 20 heavy (non-hydrogen) atoms. The van der Waals surface area contributed by atoms with Gasteiger partial charge in [-0.05, 0) is 38.0 Å². The molecule has 1 amide bonds. The third-order valence-electron chi connectivity index (χ3n) is 3.46. The summed E-state index contributed by atoms with van der Waals surface area (Å²) < 4.78 is 11.8. The van der Waals surface area contributed by atoms with Crippen LogP contribution in [0, 0.1) is 0 Å². The molecule has 2 rings (SSSR count). The zero-order valence-electron chi connectivity index (χ0n) is 11.9. The molecule has 5 heteroatoms. The van der Waals surface area contributed by atoms with Crippen molar-refractivity contribution in [1.82, 2.24) is 4.90 Å². The minimum absolute atomic E-state index is 0.0127. The topological polar surface area (TPSA) is 38.8 Å². The molecule has 110 valence electrons. The first-order valence-corrected chi connectivity index (χ1v) is 7.69. The maximum Gasteiger partial charge on any atom is 0.257 e. The third kappa shape index (κ3) is 3.52. The van der Waals surface area contributed by atoms with Gasteiger partial charge in [0, 0.05) is 24.2 Å². The summed E-state index contributed by atoms with van der Waals surface area (Å²) in [7, 11) is 1.58. The van der Waals surface area contributed by atoms with Gasteiger partial charge in [-0.15, -0.1) is 0 Å². The normalized spacial score (nSPS) is 18.9. The van der Waals surface area contributed by atoms with E-state index in [2.05, 4.69) is 15.9 Å². The Morgan fingerprint density at radius 1 is 1.50 bits per heavy atom. The molecule has 0 aromatic heterocycles. The minimum Gasteiger partial charge on any atom is -0.496 e. The van der Waals surface area contributed by atoms with Crippen molar-refractivity contribution in [3.8, 4) is 5.75 Å². The molecule has 1 aromatic carbocycles. The summed E-state index contributed by atoms with van der Waals surface area (Å²) in [6, 6.07) is 5.48. The van der Waals surface area contributed by atoms with E-state index in [1.54, 1.807) is 13.2 Å². The van der Waals surface area contributed by atoms with Gasteiger partial charge in [0.25, 0.3) is 5.91 Å². The molecule has 1 aliphatic rings. The van der Waals surface area contributed by atoms with E-state index < -0.39 is 0 Å². The van der Waals surface area contributed by atoms with E-state index in [1.807, 2.05) is 24.0 Å². The summed E-state index contributed by atoms with van der Waals surface area (Å²) in [5, 5.41) is 0. The molecule has 0 aliphatic carbocycles. The number of piperidine rings is 1. The summed E-state index contributed by atoms with van der Waals surface area (Å²) in [4.78, 5) is 14.5. The first-order chi connectivity index (χ1) is 9.65. The Morgan fingerprint density at radius 3 is 3.00 bits per heavy atom. The number of hydrogen-bond acceptors (Lipinski definition) is 3. The second-order valence-corrected chi connectivity index (χ2v) is 5.73. The molecule has 0 saturated carbocycles. The standard InChI is InChI=1S/C15H20BrNO3/c1-3-20-12-5-4-8-17(10-12)15(18)13-7-6-11(16)9-14(13)19-2/h6-7,9,12H,3-5,8,10H2,1-2H3. The van der Waals surface area contributed by atoms with Crippen molar-refractivity contribution in [2.24, 2.45) is 0 Å². The second-order valence-electron chi connectivity index (χ2n) is 4.82. The lowest BCUT2D eigenvalue weighted by atomic mass is 10.1. The summed E-state index contributed by atoms with van der Waals surface area (Å²) in [5.41, 5.74) is 0.604. The van der Waals surface area contributed by atoms with Gasteiger partial charge in [0.2, 0.25) is 0 Å². The van der Waals surface area contributed by atoms with Crippen molar-refractivity contribution >= 4 is 21.8 Å². The number of amides is 1. The number of carbonyl (C=O) groups excluding carboxylic acids is 1. The van der Waals surface area contributed by atoms with Crippen LogP contribution in [0.3, 0.4) is 0 Å². The highest BCUT2D eigenvalue weighted by atomic mass is 79.9. The SMILES string of the molecule is CCOC1CCCN(C(=O)c2ccc(Br)cc2OC)C1. The fourth-order valence-electron chi connectivity index (χ4n) is 2.51. The monoisotopic (exact) mass is 341 g/mol. The number of carbonyl (C=O) groups is 1. The van der Waals surface area contributed by atoms with Crippen LogP contribution in [-0.2, 0) is 4.74 Å². The van der Waals surface area contributed by atoms with Crippen molar-refractivity contribution in [3.63, 3.8) is 0 Å². The van der Waals surface area contributed by atoms with Crippen molar-refractivity contribution in [1.29, 1.82) is 0 Å². The quantitative estimate of drug-likeness (QED) is 0.844. The number of halogens is 1. The molecule has 0 N–H and O–H groups in total. The van der Waals surface area contributed by atoms with Crippen LogP contribution >= 0.6 is 15.9 Å². The van der Waals surface area contributed by atoms with Crippen LogP contribution in [-0.4, -0.2) is 43.7 Å². The molecular formula is C15H20BrNO3. The number of hydrogen-bond donors (Lipinski definition) is 0. The molecule has 1 fully saturated rings. The van der Waals surface area contributed by atoms with Gasteiger partial charge in [0.05, 0.1) is 18.8 Å². The number of nitrogens with zero attached hydrogens (tertiary/aromatic N) is 1. The molecule has 1 unspecified atom stereocenters. The molecule has 4 nitrogen and oxygen atoms in total. The first kappa shape index (κ1) is 15.3. The van der Waals surface area contributed by atoms with Gasteiger partial charge in [0.1, 0.15) is 5.75 Å². The van der Waals surface area contributed by atoms with Crippen LogP contribution in [0.15, 0.2) is 22.7 Å². The maximum atomic E-state index is 12.6. The molecule has 1 aliphatic heterocycles. The lowest BCUT2D eigenvalue weighted by molar-refractivity contribution is 0.00714. The van der Waals surface area contributed by atoms with E-state index in [4.69, 9.17) is 9.47 Å². The average molecular weight is 342 g/mol. The predicted octanol–water partition coefficient (Wildman–Crippen LogP) is 3.10. The summed E-state index contributed by atoms with van der Waals surface area (Å²) in [5.74, 6) is 0.613. The van der Waals surface area contributed by atoms with Gasteiger partial charge in [-0.1, -0.05) is 15.9 Å². The van der Waals surface area contributed by atoms with Crippen LogP contribution in [0.25, 0.3) is 0 Å². The Kier molecular flexibility index (Phi) is 5.43. The minimum atomic E-state index is 0.0127. The first-order valence-electron chi connectivity index (χ1n) is 6.90. The van der Waals surface area contributed by atoms with Crippen LogP contribution in [0.4, 0.5) is 0 Å². The highest BCUT2D eigenvalue weighted by Crippen LogP contribution is 2.26. The zero-order chi connectivity index (χ0) is 14.5. The van der Waals surface area contributed by atoms with Crippen LogP contribution in [0.2, 0.25) is 0 Å². The zero-order valence-corrected chi connectivity index (χ0v) is 13.5. The summed E-state index contributed by atoms with van der Waals surface area (Å²) >= 11 is 3.39. The van der Waals surface area contributed by atoms with E-state index in [0.717, 1.165) is 23.9 Å². The summed E-state index contributed by atoms with van der Waals surface area (Å²) in [6.07, 6.45) is 2.16. The molecule has 1 saturated heterocycles. The Morgan fingerprint density at radius 2 is 2.30 bits per heavy atom. The lowest BCUT2D eigenvalue weighted by Gasteiger charge is -2.32. The van der Waals surface area contributed by atoms with E-state index in [-0.39, 0.29) is 12.0 Å². The average Bonchev–Trinajstić information content (AvgIpc) is 2.47. The van der Waals surface area contributed by atoms with Crippen molar-refractivity contribution in [3.05, 3.63) is 28.2 Å². The van der Waals surface area contributed by atoms with Crippen LogP contribution < -0.4 is 4.74 Å². The van der Waals surface area contributed by atoms with Crippen LogP contribution in [0.1, 0.15) is 30.1 Å². The molecule has 1 aromatic rings. The molecule has 1 heterocycles. The number of methoxy groups -OCH3 is 1. The van der Waals surface area contributed by atoms with E-state index >= 15 is 0 Å². The van der Waals surface area contributed by atoms with Gasteiger partial charge in [-0.2, -0.15) is 0 Å². The number of likely N-dealkylation sites (tertiary alicyclic amines) is 1. The van der Waals surface area contributed by atoms with Gasteiger partial charge in [-0.25, -0.2) is 0 Å². The van der Waals surface area contributed by atoms with Gasteiger partial charge in [-0.3, -0.25) is 4.79 Å². The fourth-order valence-corrected chi connectivity index (χ4v) is 2.85. The Labute approximate surface area is 128 Å². The third-order valence-corrected chi connectivity index (χ3v) is 3.95. The summed E-state index contributed by atoms with van der Waals surface area (Å²) in [6.45, 7) is 4.11. The van der Waals surface area contributed by atoms with E-state index in [9.17, 15) is 4.79 Å². The number of benzene rings is 1. The Balaban J connectivity index is 2.14. The molecular weight excluding hydrogens is 322 g/mol. The maximum absolute atomic E-state index is 12.6. The van der Waals surface area contributed by atoms with Crippen molar-refractivity contribution in [2.75, 3.05) is 26.8 Å².